The zero-order valence-electron chi connectivity index (χ0n) is 8.02. The van der Waals surface area contributed by atoms with Crippen molar-refractivity contribution in [3.8, 4) is 0 Å². The van der Waals surface area contributed by atoms with Gasteiger partial charge in [0, 0.05) is 6.54 Å². The van der Waals surface area contributed by atoms with E-state index in [1.807, 2.05) is 0 Å². The molecule has 78 valence electrons. The van der Waals surface area contributed by atoms with Crippen LogP contribution in [-0.2, 0) is 0 Å². The van der Waals surface area contributed by atoms with Crippen LogP contribution >= 0.6 is 23.4 Å². The quantitative estimate of drug-likeness (QED) is 0.780. The molecule has 0 bridgehead atoms. The van der Waals surface area contributed by atoms with E-state index in [0.29, 0.717) is 10.7 Å². The average molecular weight is 234 g/mol. The topological polar surface area (TPSA) is 12.0 Å². The predicted octanol–water partition coefficient (Wildman–Crippen LogP) is 3.64. The number of rotatable bonds is 5. The summed E-state index contributed by atoms with van der Waals surface area (Å²) in [5, 5.41) is 3.43. The van der Waals surface area contributed by atoms with E-state index in [1.54, 1.807) is 23.9 Å². The fourth-order valence-corrected chi connectivity index (χ4v) is 1.76. The van der Waals surface area contributed by atoms with Crippen LogP contribution in [0.1, 0.15) is 6.42 Å². The zero-order valence-corrected chi connectivity index (χ0v) is 9.59. The lowest BCUT2D eigenvalue weighted by molar-refractivity contribution is 0.630. The SMILES string of the molecule is CSCCCNc1c(F)cccc1Cl. The molecule has 0 heterocycles. The number of para-hydroxylation sites is 1. The minimum absolute atomic E-state index is 0.290. The summed E-state index contributed by atoms with van der Waals surface area (Å²) >= 11 is 7.61. The van der Waals surface area contributed by atoms with Crippen LogP contribution in [0.5, 0.6) is 0 Å². The van der Waals surface area contributed by atoms with Gasteiger partial charge in [0.2, 0.25) is 0 Å². The van der Waals surface area contributed by atoms with Crippen molar-refractivity contribution in [2.24, 2.45) is 0 Å². The molecule has 1 nitrogen and oxygen atoms in total. The van der Waals surface area contributed by atoms with Crippen LogP contribution in [0, 0.1) is 5.82 Å². The molecule has 1 N–H and O–H groups in total. The Labute approximate surface area is 93.0 Å². The fraction of sp³-hybridized carbons (Fsp3) is 0.400. The van der Waals surface area contributed by atoms with Gasteiger partial charge in [-0.05, 0) is 30.6 Å². The minimum Gasteiger partial charge on any atom is -0.381 e. The summed E-state index contributed by atoms with van der Waals surface area (Å²) in [4.78, 5) is 0. The predicted molar refractivity (Wildman–Crippen MR) is 62.9 cm³/mol. The molecule has 0 fully saturated rings. The van der Waals surface area contributed by atoms with Crippen molar-refractivity contribution in [2.75, 3.05) is 23.9 Å². The second-order valence-electron chi connectivity index (χ2n) is 2.87. The van der Waals surface area contributed by atoms with Gasteiger partial charge < -0.3 is 5.32 Å². The maximum Gasteiger partial charge on any atom is 0.147 e. The number of hydrogen-bond donors (Lipinski definition) is 1. The normalized spacial score (nSPS) is 10.2. The van der Waals surface area contributed by atoms with E-state index < -0.39 is 0 Å². The van der Waals surface area contributed by atoms with Gasteiger partial charge >= 0.3 is 0 Å². The lowest BCUT2D eigenvalue weighted by Crippen LogP contribution is -2.04. The van der Waals surface area contributed by atoms with Crippen LogP contribution in [0.4, 0.5) is 10.1 Å². The Bertz CT molecular complexity index is 273. The molecule has 0 aliphatic rings. The molecular formula is C10H13ClFNS. The number of anilines is 1. The fourth-order valence-electron chi connectivity index (χ4n) is 1.10. The molecule has 0 aromatic heterocycles. The molecule has 14 heavy (non-hydrogen) atoms. The van der Waals surface area contributed by atoms with Gasteiger partial charge in [-0.25, -0.2) is 4.39 Å². The average Bonchev–Trinajstić information content (AvgIpc) is 2.16. The van der Waals surface area contributed by atoms with Gasteiger partial charge in [0.25, 0.3) is 0 Å². The van der Waals surface area contributed by atoms with Crippen molar-refractivity contribution in [1.82, 2.24) is 0 Å². The van der Waals surface area contributed by atoms with Crippen molar-refractivity contribution in [2.45, 2.75) is 6.42 Å². The third-order valence-electron chi connectivity index (χ3n) is 1.79. The van der Waals surface area contributed by atoms with Gasteiger partial charge in [-0.2, -0.15) is 11.8 Å². The van der Waals surface area contributed by atoms with Crippen molar-refractivity contribution >= 4 is 29.1 Å². The zero-order chi connectivity index (χ0) is 10.4. The summed E-state index contributed by atoms with van der Waals surface area (Å²) < 4.78 is 13.2. The third kappa shape index (κ3) is 3.39. The smallest absolute Gasteiger partial charge is 0.147 e. The first kappa shape index (κ1) is 11.7. The Hall–Kier alpha value is -0.410. The highest BCUT2D eigenvalue weighted by molar-refractivity contribution is 7.98. The van der Waals surface area contributed by atoms with E-state index in [0.717, 1.165) is 18.7 Å². The molecule has 1 aromatic rings. The van der Waals surface area contributed by atoms with E-state index in [9.17, 15) is 4.39 Å². The Morgan fingerprint density at radius 3 is 2.93 bits per heavy atom. The Morgan fingerprint density at radius 1 is 1.50 bits per heavy atom. The molecule has 0 saturated heterocycles. The second-order valence-corrected chi connectivity index (χ2v) is 4.26. The van der Waals surface area contributed by atoms with Gasteiger partial charge in [-0.1, -0.05) is 17.7 Å². The highest BCUT2D eigenvalue weighted by atomic mass is 35.5. The lowest BCUT2D eigenvalue weighted by Gasteiger charge is -2.08. The van der Waals surface area contributed by atoms with E-state index >= 15 is 0 Å². The van der Waals surface area contributed by atoms with Crippen LogP contribution in [0.25, 0.3) is 0 Å². The molecule has 0 aliphatic heterocycles. The van der Waals surface area contributed by atoms with Crippen molar-refractivity contribution < 1.29 is 4.39 Å². The van der Waals surface area contributed by atoms with Crippen LogP contribution in [0.3, 0.4) is 0 Å². The summed E-state index contributed by atoms with van der Waals surface area (Å²) in [6, 6.07) is 4.69. The summed E-state index contributed by atoms with van der Waals surface area (Å²) in [7, 11) is 0. The number of halogens is 2. The van der Waals surface area contributed by atoms with Gasteiger partial charge in [0.1, 0.15) is 5.82 Å². The van der Waals surface area contributed by atoms with Crippen LogP contribution in [0.15, 0.2) is 18.2 Å². The second kappa shape index (κ2) is 6.14. The number of hydrogen-bond acceptors (Lipinski definition) is 2. The van der Waals surface area contributed by atoms with Crippen LogP contribution in [-0.4, -0.2) is 18.6 Å². The van der Waals surface area contributed by atoms with Gasteiger partial charge in [-0.15, -0.1) is 0 Å². The molecule has 0 spiro atoms. The van der Waals surface area contributed by atoms with Gasteiger partial charge in [0.05, 0.1) is 10.7 Å². The summed E-state index contributed by atoms with van der Waals surface area (Å²) in [6.45, 7) is 0.751. The Morgan fingerprint density at radius 2 is 2.29 bits per heavy atom. The van der Waals surface area contributed by atoms with E-state index in [4.69, 9.17) is 11.6 Å². The first-order chi connectivity index (χ1) is 6.75. The highest BCUT2D eigenvalue weighted by Crippen LogP contribution is 2.24. The monoisotopic (exact) mass is 233 g/mol. The first-order valence-electron chi connectivity index (χ1n) is 4.42. The maximum absolute atomic E-state index is 13.2. The van der Waals surface area contributed by atoms with Crippen LogP contribution < -0.4 is 5.32 Å². The lowest BCUT2D eigenvalue weighted by atomic mass is 10.3. The molecule has 1 aromatic carbocycles. The summed E-state index contributed by atoms with van der Waals surface area (Å²) in [5.74, 6) is 0.778. The van der Waals surface area contributed by atoms with Crippen molar-refractivity contribution in [1.29, 1.82) is 0 Å². The summed E-state index contributed by atoms with van der Waals surface area (Å²) in [5.41, 5.74) is 0.412. The van der Waals surface area contributed by atoms with Crippen LogP contribution in [0.2, 0.25) is 5.02 Å². The van der Waals surface area contributed by atoms with Gasteiger partial charge in [0.15, 0.2) is 0 Å². The molecule has 4 heteroatoms. The first-order valence-corrected chi connectivity index (χ1v) is 6.19. The highest BCUT2D eigenvalue weighted by Gasteiger charge is 2.04. The molecule has 0 saturated carbocycles. The molecule has 0 amide bonds. The standard InChI is InChI=1S/C10H13ClFNS/c1-14-7-3-6-13-10-8(11)4-2-5-9(10)12/h2,4-5,13H,3,6-7H2,1H3. The van der Waals surface area contributed by atoms with Crippen molar-refractivity contribution in [3.05, 3.63) is 29.0 Å². The molecule has 1 rings (SSSR count). The van der Waals surface area contributed by atoms with Gasteiger partial charge in [-0.3, -0.25) is 0 Å². The number of thioether (sulfide) groups is 1. The Balaban J connectivity index is 2.49. The Kier molecular flexibility index (Phi) is 5.12. The van der Waals surface area contributed by atoms with Crippen molar-refractivity contribution in [3.63, 3.8) is 0 Å². The largest absolute Gasteiger partial charge is 0.381 e. The molecule has 0 radical (unpaired) electrons. The summed E-state index contributed by atoms with van der Waals surface area (Å²) in [6.07, 6.45) is 3.06. The molecule has 0 unspecified atom stereocenters. The minimum atomic E-state index is -0.290. The third-order valence-corrected chi connectivity index (χ3v) is 2.80. The maximum atomic E-state index is 13.2. The number of nitrogens with one attached hydrogen (secondary N) is 1. The number of benzene rings is 1. The molecule has 0 atom stereocenters. The molecule has 0 aliphatic carbocycles. The van der Waals surface area contributed by atoms with E-state index in [2.05, 4.69) is 11.6 Å². The van der Waals surface area contributed by atoms with E-state index in [1.165, 1.54) is 6.07 Å². The molecular weight excluding hydrogens is 221 g/mol. The van der Waals surface area contributed by atoms with E-state index in [-0.39, 0.29) is 5.82 Å².